The Morgan fingerprint density at radius 3 is 2.23 bits per heavy atom. The minimum Gasteiger partial charge on any atom is -0.335 e. The Kier molecular flexibility index (Phi) is 11.4. The van der Waals surface area contributed by atoms with Crippen molar-refractivity contribution in [3.05, 3.63) is 142 Å². The summed E-state index contributed by atoms with van der Waals surface area (Å²) < 4.78 is 3.96. The molecule has 6 heteroatoms. The standard InChI is InChI=1S/C46H47N2S4/c1-49-25-9-23-47-41-21-19-38(35-11-5-3-6-12-35)31-43(41)51-45(47)29-33-15-17-37-18-16-34(28-40(37)27-33)30-46-48(24-10-26-50-2)42-22-20-39(32-44(42)52-46)36-13-7-4-8-14-36/h3-8,11-14,19-22,27-32,37H,9-10,15-18,23-26H2,1-2H3/q+1. The third kappa shape index (κ3) is 7.91. The predicted octanol–water partition coefficient (Wildman–Crippen LogP) is 12.9. The van der Waals surface area contributed by atoms with Crippen molar-refractivity contribution < 1.29 is 4.57 Å². The zero-order chi connectivity index (χ0) is 35.3. The van der Waals surface area contributed by atoms with E-state index in [4.69, 9.17) is 0 Å². The molecule has 0 saturated carbocycles. The lowest BCUT2D eigenvalue weighted by Gasteiger charge is -2.28. The average molecular weight is 756 g/mol. The smallest absolute Gasteiger partial charge is 0.263 e. The Balaban J connectivity index is 1.09. The number of rotatable bonds is 12. The van der Waals surface area contributed by atoms with Crippen molar-refractivity contribution in [3.63, 3.8) is 0 Å². The molecule has 4 aromatic carbocycles. The number of aromatic nitrogens is 1. The lowest BCUT2D eigenvalue weighted by Crippen LogP contribution is -2.35. The van der Waals surface area contributed by atoms with E-state index in [1.807, 2.05) is 46.6 Å². The van der Waals surface area contributed by atoms with Gasteiger partial charge in [-0.1, -0.05) is 102 Å². The van der Waals surface area contributed by atoms with Crippen molar-refractivity contribution in [3.8, 4) is 22.3 Å². The van der Waals surface area contributed by atoms with Crippen LogP contribution in [0.15, 0.2) is 142 Å². The van der Waals surface area contributed by atoms with E-state index in [0.29, 0.717) is 5.92 Å². The van der Waals surface area contributed by atoms with Crippen LogP contribution < -0.4 is 9.47 Å². The molecule has 264 valence electrons. The van der Waals surface area contributed by atoms with Gasteiger partial charge in [-0.15, -0.1) is 0 Å². The quantitative estimate of drug-likeness (QED) is 0.0924. The number of fused-ring (bicyclic) bond motifs is 3. The maximum atomic E-state index is 2.58. The van der Waals surface area contributed by atoms with Crippen LogP contribution in [0.1, 0.15) is 43.5 Å². The van der Waals surface area contributed by atoms with Crippen LogP contribution in [0.2, 0.25) is 0 Å². The fourth-order valence-corrected chi connectivity index (χ4v) is 11.0. The largest absolute Gasteiger partial charge is 0.335 e. The topological polar surface area (TPSA) is 7.12 Å². The second-order valence-electron chi connectivity index (χ2n) is 14.0. The molecule has 5 aromatic rings. The molecule has 1 aliphatic heterocycles. The maximum Gasteiger partial charge on any atom is 0.263 e. The number of allylic oxidation sites excluding steroid dienone is 6. The van der Waals surface area contributed by atoms with Gasteiger partial charge in [-0.3, -0.25) is 0 Å². The summed E-state index contributed by atoms with van der Waals surface area (Å²) in [5.74, 6) is 3.04. The zero-order valence-corrected chi connectivity index (χ0v) is 33.5. The zero-order valence-electron chi connectivity index (χ0n) is 30.2. The van der Waals surface area contributed by atoms with Crippen LogP contribution in [0.3, 0.4) is 0 Å². The number of thiazole rings is 1. The summed E-state index contributed by atoms with van der Waals surface area (Å²) in [5.41, 5.74) is 12.3. The molecule has 3 aliphatic rings. The summed E-state index contributed by atoms with van der Waals surface area (Å²) in [6.07, 6.45) is 21.7. The van der Waals surface area contributed by atoms with Gasteiger partial charge < -0.3 is 4.90 Å². The molecule has 0 radical (unpaired) electrons. The minimum atomic E-state index is 0.670. The summed E-state index contributed by atoms with van der Waals surface area (Å²) in [5, 5.41) is 2.76. The van der Waals surface area contributed by atoms with Gasteiger partial charge in [-0.05, 0) is 131 Å². The van der Waals surface area contributed by atoms with Gasteiger partial charge in [-0.2, -0.15) is 28.1 Å². The Morgan fingerprint density at radius 1 is 0.750 bits per heavy atom. The first-order chi connectivity index (χ1) is 25.7. The molecule has 0 saturated heterocycles. The van der Waals surface area contributed by atoms with E-state index in [2.05, 4.69) is 143 Å². The van der Waals surface area contributed by atoms with Crippen LogP contribution in [0.4, 0.5) is 5.69 Å². The molecular formula is C46H47N2S4+. The van der Waals surface area contributed by atoms with Gasteiger partial charge >= 0.3 is 0 Å². The molecule has 0 fully saturated rings. The SMILES string of the molecule is CSCCCN1C(=CC2=CC3=CC(=Cc4sc5cc(-c6ccccc6)ccc5[n+]4CCCSC)CCC3CC2)Sc2cc(-c3ccccc3)ccc21. The van der Waals surface area contributed by atoms with Gasteiger partial charge in [0.2, 0.25) is 5.52 Å². The van der Waals surface area contributed by atoms with Gasteiger partial charge in [0.05, 0.1) is 10.7 Å². The third-order valence-electron chi connectivity index (χ3n) is 10.5. The summed E-state index contributed by atoms with van der Waals surface area (Å²) in [7, 11) is 0. The molecule has 52 heavy (non-hydrogen) atoms. The van der Waals surface area contributed by atoms with E-state index in [1.54, 1.807) is 0 Å². The van der Waals surface area contributed by atoms with Gasteiger partial charge in [-0.25, -0.2) is 0 Å². The van der Waals surface area contributed by atoms with Crippen LogP contribution in [0.25, 0.3) is 38.5 Å². The highest BCUT2D eigenvalue weighted by Crippen LogP contribution is 2.49. The van der Waals surface area contributed by atoms with Crippen LogP contribution in [-0.2, 0) is 6.54 Å². The van der Waals surface area contributed by atoms with E-state index in [-0.39, 0.29) is 0 Å². The summed E-state index contributed by atoms with van der Waals surface area (Å²) in [6, 6.07) is 35.7. The Hall–Kier alpha value is -3.42. The van der Waals surface area contributed by atoms with E-state index < -0.39 is 0 Å². The number of thioether (sulfide) groups is 3. The molecule has 2 nitrogen and oxygen atoms in total. The molecule has 0 bridgehead atoms. The molecule has 0 N–H and O–H groups in total. The summed E-state index contributed by atoms with van der Waals surface area (Å²) in [6.45, 7) is 2.11. The van der Waals surface area contributed by atoms with Gasteiger partial charge in [0, 0.05) is 30.0 Å². The number of anilines is 1. The van der Waals surface area contributed by atoms with Crippen LogP contribution in [-0.4, -0.2) is 30.6 Å². The lowest BCUT2D eigenvalue weighted by molar-refractivity contribution is -0.668. The van der Waals surface area contributed by atoms with Gasteiger partial charge in [0.15, 0.2) is 6.54 Å². The van der Waals surface area contributed by atoms with Crippen LogP contribution in [0, 0.1) is 5.92 Å². The molecule has 2 aliphatic carbocycles. The second kappa shape index (κ2) is 16.7. The van der Waals surface area contributed by atoms with Crippen molar-refractivity contribution in [2.75, 3.05) is 35.5 Å². The molecule has 8 rings (SSSR count). The Bertz CT molecular complexity index is 2160. The molecule has 0 amide bonds. The maximum absolute atomic E-state index is 2.58. The third-order valence-corrected chi connectivity index (χ3v) is 14.1. The summed E-state index contributed by atoms with van der Waals surface area (Å²) in [4.78, 5) is 3.96. The van der Waals surface area contributed by atoms with Crippen LogP contribution >= 0.6 is 46.6 Å². The Labute approximate surface area is 326 Å². The minimum absolute atomic E-state index is 0.670. The monoisotopic (exact) mass is 755 g/mol. The highest BCUT2D eigenvalue weighted by molar-refractivity contribution is 8.03. The molecule has 1 unspecified atom stereocenters. The number of benzene rings is 4. The van der Waals surface area contributed by atoms with E-state index >= 15 is 0 Å². The molecule has 1 aromatic heterocycles. The highest BCUT2D eigenvalue weighted by Gasteiger charge is 2.28. The number of hydrogen-bond acceptors (Lipinski definition) is 5. The average Bonchev–Trinajstić information content (AvgIpc) is 3.71. The molecule has 0 spiro atoms. The fraction of sp³-hybridized carbons (Fsp3) is 0.283. The molecular weight excluding hydrogens is 709 g/mol. The first-order valence-electron chi connectivity index (χ1n) is 18.7. The first-order valence-corrected chi connectivity index (χ1v) is 23.1. The highest BCUT2D eigenvalue weighted by atomic mass is 32.2. The van der Waals surface area contributed by atoms with Crippen molar-refractivity contribution in [2.45, 2.75) is 50.0 Å². The number of hydrogen-bond donors (Lipinski definition) is 0. The van der Waals surface area contributed by atoms with E-state index in [0.717, 1.165) is 25.9 Å². The van der Waals surface area contributed by atoms with Crippen molar-refractivity contribution >= 4 is 68.6 Å². The summed E-state index contributed by atoms with van der Waals surface area (Å²) >= 11 is 7.79. The second-order valence-corrected chi connectivity index (χ2v) is 18.1. The normalized spacial score (nSPS) is 18.5. The molecule has 1 atom stereocenters. The number of aryl methyl sites for hydroxylation is 1. The number of nitrogens with zero attached hydrogens (tertiary/aromatic N) is 2. The van der Waals surface area contributed by atoms with Crippen molar-refractivity contribution in [1.82, 2.24) is 0 Å². The van der Waals surface area contributed by atoms with Gasteiger partial charge in [0.25, 0.3) is 5.01 Å². The van der Waals surface area contributed by atoms with Crippen LogP contribution in [0.5, 0.6) is 0 Å². The molecule has 2 heterocycles. The van der Waals surface area contributed by atoms with Crippen molar-refractivity contribution in [2.24, 2.45) is 5.92 Å². The van der Waals surface area contributed by atoms with E-state index in [9.17, 15) is 0 Å². The van der Waals surface area contributed by atoms with Crippen molar-refractivity contribution in [1.29, 1.82) is 0 Å². The predicted molar refractivity (Wildman–Crippen MR) is 233 cm³/mol. The lowest BCUT2D eigenvalue weighted by atomic mass is 9.77. The fourth-order valence-electron chi connectivity index (χ4n) is 7.80. The van der Waals surface area contributed by atoms with E-state index in [1.165, 1.54) is 107 Å². The Morgan fingerprint density at radius 2 is 1.46 bits per heavy atom. The first kappa shape index (κ1) is 35.6. The van der Waals surface area contributed by atoms with Gasteiger partial charge in [0.1, 0.15) is 4.70 Å².